The van der Waals surface area contributed by atoms with E-state index in [2.05, 4.69) is 4.98 Å². The molecule has 0 bridgehead atoms. The molecule has 0 unspecified atom stereocenters. The van der Waals surface area contributed by atoms with Gasteiger partial charge in [-0.25, -0.2) is 9.78 Å². The number of carbonyl (C=O) groups excluding carboxylic acids is 1. The second-order valence-electron chi connectivity index (χ2n) is 7.39. The van der Waals surface area contributed by atoms with Crippen LogP contribution in [0.1, 0.15) is 28.5 Å². The van der Waals surface area contributed by atoms with Gasteiger partial charge in [0.25, 0.3) is 0 Å². The predicted molar refractivity (Wildman–Crippen MR) is 123 cm³/mol. The van der Waals surface area contributed by atoms with E-state index in [0.717, 1.165) is 27.8 Å². The summed E-state index contributed by atoms with van der Waals surface area (Å²) >= 11 is 0. The van der Waals surface area contributed by atoms with Crippen LogP contribution in [0.3, 0.4) is 0 Å². The van der Waals surface area contributed by atoms with Crippen LogP contribution in [-0.4, -0.2) is 22.0 Å². The second-order valence-corrected chi connectivity index (χ2v) is 7.39. The summed E-state index contributed by atoms with van der Waals surface area (Å²) < 4.78 is 5.87. The summed E-state index contributed by atoms with van der Waals surface area (Å²) in [4.78, 5) is 29.5. The number of aromatic nitrogens is 1. The molecule has 6 heteroatoms. The van der Waals surface area contributed by atoms with Crippen LogP contribution in [0.15, 0.2) is 84.9 Å². The molecule has 0 saturated heterocycles. The zero-order valence-electron chi connectivity index (χ0n) is 17.6. The molecule has 4 aromatic rings. The Bertz CT molecular complexity index is 1250. The normalized spacial score (nSPS) is 10.7. The molecule has 1 amide bonds. The fourth-order valence-corrected chi connectivity index (χ4v) is 3.39. The van der Waals surface area contributed by atoms with Crippen LogP contribution < -0.4 is 9.64 Å². The van der Waals surface area contributed by atoms with Gasteiger partial charge in [0.1, 0.15) is 12.4 Å². The van der Waals surface area contributed by atoms with Crippen LogP contribution >= 0.6 is 0 Å². The minimum atomic E-state index is -0.977. The van der Waals surface area contributed by atoms with Gasteiger partial charge in [-0.3, -0.25) is 4.79 Å². The number of hydrogen-bond acceptors (Lipinski definition) is 4. The first-order chi connectivity index (χ1) is 15.5. The van der Waals surface area contributed by atoms with Gasteiger partial charge in [-0.2, -0.15) is 0 Å². The van der Waals surface area contributed by atoms with Crippen molar-refractivity contribution in [3.8, 4) is 5.75 Å². The molecular formula is C26H22N2O4. The highest BCUT2D eigenvalue weighted by atomic mass is 16.5. The van der Waals surface area contributed by atoms with Crippen molar-refractivity contribution in [2.75, 3.05) is 4.90 Å². The Labute approximate surface area is 185 Å². The zero-order valence-corrected chi connectivity index (χ0v) is 17.6. The third-order valence-electron chi connectivity index (χ3n) is 5.11. The number of amides is 1. The van der Waals surface area contributed by atoms with Crippen LogP contribution in [0.5, 0.6) is 5.75 Å². The van der Waals surface area contributed by atoms with E-state index in [0.29, 0.717) is 18.9 Å². The number of carboxylic acids is 1. The first kappa shape index (κ1) is 21.1. The molecule has 0 radical (unpaired) electrons. The van der Waals surface area contributed by atoms with E-state index >= 15 is 0 Å². The number of rotatable bonds is 7. The van der Waals surface area contributed by atoms with Crippen molar-refractivity contribution in [3.05, 3.63) is 102 Å². The molecule has 0 atom stereocenters. The van der Waals surface area contributed by atoms with Gasteiger partial charge in [-0.05, 0) is 54.1 Å². The number of ether oxygens (including phenoxy) is 1. The van der Waals surface area contributed by atoms with Crippen LogP contribution in [0, 0.1) is 0 Å². The highest BCUT2D eigenvalue weighted by molar-refractivity contribution is 5.91. The summed E-state index contributed by atoms with van der Waals surface area (Å²) in [5, 5.41) is 10.1. The largest absolute Gasteiger partial charge is 0.487 e. The van der Waals surface area contributed by atoms with E-state index < -0.39 is 5.97 Å². The lowest BCUT2D eigenvalue weighted by molar-refractivity contribution is -0.116. The van der Waals surface area contributed by atoms with Crippen molar-refractivity contribution >= 4 is 28.5 Å². The highest BCUT2D eigenvalue weighted by Gasteiger charge is 2.13. The number of hydrogen-bond donors (Lipinski definition) is 1. The molecule has 1 heterocycles. The van der Waals surface area contributed by atoms with Crippen molar-refractivity contribution in [1.29, 1.82) is 0 Å². The molecule has 1 N–H and O–H groups in total. The van der Waals surface area contributed by atoms with Gasteiger partial charge in [0, 0.05) is 18.0 Å². The third kappa shape index (κ3) is 4.92. The Balaban J connectivity index is 1.43. The average molecular weight is 426 g/mol. The quantitative estimate of drug-likeness (QED) is 0.447. The maximum absolute atomic E-state index is 12.2. The maximum atomic E-state index is 12.2. The number of carboxylic acid groups (broad SMARTS) is 1. The van der Waals surface area contributed by atoms with Gasteiger partial charge in [0.05, 0.1) is 23.3 Å². The fourth-order valence-electron chi connectivity index (χ4n) is 3.39. The molecule has 1 aromatic heterocycles. The van der Waals surface area contributed by atoms with Crippen molar-refractivity contribution in [2.45, 2.75) is 20.1 Å². The number of pyridine rings is 1. The third-order valence-corrected chi connectivity index (χ3v) is 5.11. The van der Waals surface area contributed by atoms with Crippen molar-refractivity contribution in [1.82, 2.24) is 4.98 Å². The zero-order chi connectivity index (χ0) is 22.5. The Morgan fingerprint density at radius 1 is 0.906 bits per heavy atom. The maximum Gasteiger partial charge on any atom is 0.335 e. The molecule has 0 spiro atoms. The molecule has 160 valence electrons. The van der Waals surface area contributed by atoms with Crippen molar-refractivity contribution in [3.63, 3.8) is 0 Å². The molecule has 3 aromatic carbocycles. The van der Waals surface area contributed by atoms with E-state index in [1.54, 1.807) is 17.0 Å². The molecule has 4 rings (SSSR count). The Kier molecular flexibility index (Phi) is 6.12. The summed E-state index contributed by atoms with van der Waals surface area (Å²) in [5.74, 6) is -0.409. The lowest BCUT2D eigenvalue weighted by Crippen LogP contribution is -2.27. The summed E-state index contributed by atoms with van der Waals surface area (Å²) in [5.41, 5.74) is 3.55. The van der Waals surface area contributed by atoms with Gasteiger partial charge in [0.2, 0.25) is 5.91 Å². The smallest absolute Gasteiger partial charge is 0.335 e. The molecular weight excluding hydrogens is 404 g/mol. The van der Waals surface area contributed by atoms with Gasteiger partial charge >= 0.3 is 5.97 Å². The first-order valence-electron chi connectivity index (χ1n) is 10.2. The number of carbonyl (C=O) groups is 2. The standard InChI is InChI=1S/C26H22N2O4/c1-18(29)28(16-19-6-8-21(9-7-19)26(30)31)23-12-14-24(15-13-23)32-17-22-11-10-20-4-2-3-5-25(20)27-22/h2-15H,16-17H2,1H3,(H,30,31). The minimum absolute atomic E-state index is 0.110. The second kappa shape index (κ2) is 9.31. The van der Waals surface area contributed by atoms with E-state index in [1.165, 1.54) is 19.1 Å². The van der Waals surface area contributed by atoms with Crippen molar-refractivity contribution in [2.24, 2.45) is 0 Å². The topological polar surface area (TPSA) is 79.7 Å². The Hall–Kier alpha value is -4.19. The van der Waals surface area contributed by atoms with Crippen LogP contribution in [0.4, 0.5) is 5.69 Å². The van der Waals surface area contributed by atoms with Gasteiger partial charge in [-0.15, -0.1) is 0 Å². The van der Waals surface area contributed by atoms with Gasteiger partial charge in [0.15, 0.2) is 0 Å². The number of fused-ring (bicyclic) bond motifs is 1. The molecule has 6 nitrogen and oxygen atoms in total. The molecule has 0 aliphatic rings. The summed E-state index contributed by atoms with van der Waals surface area (Å²) in [7, 11) is 0. The number of benzene rings is 3. The molecule has 0 aliphatic carbocycles. The van der Waals surface area contributed by atoms with Crippen LogP contribution in [0.2, 0.25) is 0 Å². The molecule has 0 fully saturated rings. The van der Waals surface area contributed by atoms with Crippen LogP contribution in [0.25, 0.3) is 10.9 Å². The first-order valence-corrected chi connectivity index (χ1v) is 10.2. The molecule has 0 saturated carbocycles. The Morgan fingerprint density at radius 2 is 1.62 bits per heavy atom. The summed E-state index contributed by atoms with van der Waals surface area (Å²) in [6.45, 7) is 2.19. The van der Waals surface area contributed by atoms with E-state index in [-0.39, 0.29) is 11.5 Å². The van der Waals surface area contributed by atoms with Crippen LogP contribution in [-0.2, 0) is 17.9 Å². The van der Waals surface area contributed by atoms with Crippen molar-refractivity contribution < 1.29 is 19.4 Å². The summed E-state index contributed by atoms with van der Waals surface area (Å²) in [6, 6.07) is 25.7. The molecule has 32 heavy (non-hydrogen) atoms. The monoisotopic (exact) mass is 426 g/mol. The molecule has 0 aliphatic heterocycles. The van der Waals surface area contributed by atoms with E-state index in [1.807, 2.05) is 60.7 Å². The predicted octanol–water partition coefficient (Wildman–Crippen LogP) is 5.07. The van der Waals surface area contributed by atoms with Gasteiger partial charge < -0.3 is 14.7 Å². The summed E-state index contributed by atoms with van der Waals surface area (Å²) in [6.07, 6.45) is 0. The SMILES string of the molecule is CC(=O)N(Cc1ccc(C(=O)O)cc1)c1ccc(OCc2ccc3ccccc3n2)cc1. The lowest BCUT2D eigenvalue weighted by atomic mass is 10.1. The van der Waals surface area contributed by atoms with E-state index in [9.17, 15) is 9.59 Å². The minimum Gasteiger partial charge on any atom is -0.487 e. The Morgan fingerprint density at radius 3 is 2.31 bits per heavy atom. The number of para-hydroxylation sites is 1. The van der Waals surface area contributed by atoms with Gasteiger partial charge in [-0.1, -0.05) is 36.4 Å². The number of anilines is 1. The average Bonchev–Trinajstić information content (AvgIpc) is 2.81. The number of nitrogens with zero attached hydrogens (tertiary/aromatic N) is 2. The van der Waals surface area contributed by atoms with E-state index in [4.69, 9.17) is 9.84 Å². The number of aromatic carboxylic acids is 1. The lowest BCUT2D eigenvalue weighted by Gasteiger charge is -2.22. The highest BCUT2D eigenvalue weighted by Crippen LogP contribution is 2.23. The fraction of sp³-hybridized carbons (Fsp3) is 0.115.